The van der Waals surface area contributed by atoms with Crippen LogP contribution in [-0.2, 0) is 0 Å². The van der Waals surface area contributed by atoms with Gasteiger partial charge in [0, 0.05) is 21.7 Å². The maximum Gasteiger partial charge on any atom is 0.189 e. The van der Waals surface area contributed by atoms with Crippen molar-refractivity contribution >= 4 is 33.9 Å². The van der Waals surface area contributed by atoms with Crippen molar-refractivity contribution in [3.8, 4) is 11.3 Å². The normalized spacial score (nSPS) is 10.5. The molecule has 0 aliphatic carbocycles. The number of rotatable bonds is 3. The zero-order valence-electron chi connectivity index (χ0n) is 10.8. The van der Waals surface area contributed by atoms with Crippen LogP contribution in [0.1, 0.15) is 4.88 Å². The molecule has 0 spiro atoms. The Morgan fingerprint density at radius 1 is 1.10 bits per heavy atom. The summed E-state index contributed by atoms with van der Waals surface area (Å²) < 4.78 is 0. The predicted molar refractivity (Wildman–Crippen MR) is 84.8 cm³/mol. The van der Waals surface area contributed by atoms with Crippen molar-refractivity contribution in [2.75, 3.05) is 5.32 Å². The van der Waals surface area contributed by atoms with E-state index in [2.05, 4.69) is 22.2 Å². The highest BCUT2D eigenvalue weighted by Gasteiger charge is 2.10. The minimum Gasteiger partial charge on any atom is -0.316 e. The van der Waals surface area contributed by atoms with Gasteiger partial charge < -0.3 is 5.32 Å². The van der Waals surface area contributed by atoms with Crippen LogP contribution < -0.4 is 5.32 Å². The number of hydrogen-bond acceptors (Lipinski definition) is 4. The van der Waals surface area contributed by atoms with Crippen molar-refractivity contribution in [1.82, 2.24) is 9.97 Å². The van der Waals surface area contributed by atoms with Gasteiger partial charge in [-0.1, -0.05) is 29.8 Å². The van der Waals surface area contributed by atoms with Crippen molar-refractivity contribution in [2.24, 2.45) is 0 Å². The number of aromatic nitrogens is 2. The molecule has 0 bridgehead atoms. The van der Waals surface area contributed by atoms with Crippen LogP contribution in [-0.4, -0.2) is 9.97 Å². The zero-order chi connectivity index (χ0) is 13.9. The molecular formula is C15H12ClN3S. The molecule has 100 valence electrons. The fourth-order valence-electron chi connectivity index (χ4n) is 1.87. The molecule has 1 aromatic carbocycles. The average molecular weight is 302 g/mol. The van der Waals surface area contributed by atoms with E-state index in [1.54, 1.807) is 17.5 Å². The van der Waals surface area contributed by atoms with Crippen molar-refractivity contribution in [1.29, 1.82) is 0 Å². The molecule has 2 aromatic heterocycles. The third-order valence-electron chi connectivity index (χ3n) is 2.81. The molecule has 20 heavy (non-hydrogen) atoms. The summed E-state index contributed by atoms with van der Waals surface area (Å²) in [5.74, 6) is 0.795. The SMILES string of the molecule is Cc1sc(Nc2ccccn2)nc1-c1ccc(Cl)cc1. The van der Waals surface area contributed by atoms with Gasteiger partial charge in [-0.3, -0.25) is 0 Å². The summed E-state index contributed by atoms with van der Waals surface area (Å²) in [7, 11) is 0. The Balaban J connectivity index is 1.89. The Bertz CT molecular complexity index is 708. The van der Waals surface area contributed by atoms with E-state index in [1.807, 2.05) is 42.5 Å². The summed E-state index contributed by atoms with van der Waals surface area (Å²) in [6.07, 6.45) is 1.75. The highest BCUT2D eigenvalue weighted by Crippen LogP contribution is 2.32. The highest BCUT2D eigenvalue weighted by molar-refractivity contribution is 7.16. The van der Waals surface area contributed by atoms with E-state index in [4.69, 9.17) is 11.6 Å². The lowest BCUT2D eigenvalue weighted by atomic mass is 10.1. The van der Waals surface area contributed by atoms with Crippen molar-refractivity contribution < 1.29 is 0 Å². The Kier molecular flexibility index (Phi) is 3.67. The van der Waals surface area contributed by atoms with Crippen LogP contribution in [0.5, 0.6) is 0 Å². The molecule has 0 saturated heterocycles. The van der Waals surface area contributed by atoms with Gasteiger partial charge in [0.15, 0.2) is 5.13 Å². The van der Waals surface area contributed by atoms with Crippen LogP contribution in [0, 0.1) is 6.92 Å². The molecule has 0 unspecified atom stereocenters. The fraction of sp³-hybridized carbons (Fsp3) is 0.0667. The topological polar surface area (TPSA) is 37.8 Å². The molecule has 0 aliphatic rings. The zero-order valence-corrected chi connectivity index (χ0v) is 12.4. The molecule has 0 fully saturated rings. The first-order valence-corrected chi connectivity index (χ1v) is 7.33. The molecule has 0 saturated carbocycles. The Hall–Kier alpha value is -1.91. The van der Waals surface area contributed by atoms with Crippen LogP contribution in [0.3, 0.4) is 0 Å². The lowest BCUT2D eigenvalue weighted by molar-refractivity contribution is 1.28. The number of aryl methyl sites for hydroxylation is 1. The number of anilines is 2. The number of halogens is 1. The number of pyridine rings is 1. The number of thiazole rings is 1. The summed E-state index contributed by atoms with van der Waals surface area (Å²) in [5.41, 5.74) is 2.04. The molecule has 3 rings (SSSR count). The van der Waals surface area contributed by atoms with Gasteiger partial charge in [-0.15, -0.1) is 11.3 Å². The standard InChI is InChI=1S/C15H12ClN3S/c1-10-14(11-5-7-12(16)8-6-11)19-15(20-10)18-13-4-2-3-9-17-13/h2-9H,1H3,(H,17,18,19). The number of nitrogens with zero attached hydrogens (tertiary/aromatic N) is 2. The molecule has 0 aliphatic heterocycles. The second-order valence-electron chi connectivity index (χ2n) is 4.27. The van der Waals surface area contributed by atoms with E-state index in [9.17, 15) is 0 Å². The predicted octanol–water partition coefficient (Wildman–Crippen LogP) is 4.91. The van der Waals surface area contributed by atoms with Crippen LogP contribution in [0.15, 0.2) is 48.7 Å². The third-order valence-corrected chi connectivity index (χ3v) is 3.95. The van der Waals surface area contributed by atoms with Gasteiger partial charge in [0.05, 0.1) is 5.69 Å². The van der Waals surface area contributed by atoms with Gasteiger partial charge >= 0.3 is 0 Å². The first-order chi connectivity index (χ1) is 9.72. The van der Waals surface area contributed by atoms with E-state index in [0.717, 1.165) is 32.1 Å². The van der Waals surface area contributed by atoms with E-state index in [0.29, 0.717) is 0 Å². The monoisotopic (exact) mass is 301 g/mol. The molecule has 3 nitrogen and oxygen atoms in total. The average Bonchev–Trinajstić information content (AvgIpc) is 2.81. The first-order valence-electron chi connectivity index (χ1n) is 6.14. The Morgan fingerprint density at radius 2 is 1.90 bits per heavy atom. The summed E-state index contributed by atoms with van der Waals surface area (Å²) in [6.45, 7) is 2.06. The van der Waals surface area contributed by atoms with Gasteiger partial charge in [0.25, 0.3) is 0 Å². The van der Waals surface area contributed by atoms with E-state index in [1.165, 1.54) is 0 Å². The van der Waals surface area contributed by atoms with Crippen LogP contribution in [0.25, 0.3) is 11.3 Å². The second-order valence-corrected chi connectivity index (χ2v) is 5.91. The summed E-state index contributed by atoms with van der Waals surface area (Å²) in [4.78, 5) is 10.0. The Labute approximate surface area is 126 Å². The first kappa shape index (κ1) is 13.1. The maximum atomic E-state index is 5.91. The van der Waals surface area contributed by atoms with Gasteiger partial charge in [-0.05, 0) is 31.2 Å². The van der Waals surface area contributed by atoms with Crippen LogP contribution in [0.4, 0.5) is 10.9 Å². The van der Waals surface area contributed by atoms with Crippen molar-refractivity contribution in [3.05, 3.63) is 58.6 Å². The molecule has 0 amide bonds. The maximum absolute atomic E-state index is 5.91. The fourth-order valence-corrected chi connectivity index (χ4v) is 2.84. The molecule has 3 aromatic rings. The second kappa shape index (κ2) is 5.61. The lowest BCUT2D eigenvalue weighted by Gasteiger charge is -2.00. The van der Waals surface area contributed by atoms with Crippen molar-refractivity contribution in [3.63, 3.8) is 0 Å². The molecule has 2 heterocycles. The van der Waals surface area contributed by atoms with Crippen LogP contribution >= 0.6 is 22.9 Å². The molecule has 0 radical (unpaired) electrons. The summed E-state index contributed by atoms with van der Waals surface area (Å²) in [6, 6.07) is 13.5. The van der Waals surface area contributed by atoms with E-state index >= 15 is 0 Å². The van der Waals surface area contributed by atoms with Gasteiger partial charge in [-0.2, -0.15) is 0 Å². The third kappa shape index (κ3) is 2.81. The number of nitrogens with one attached hydrogen (secondary N) is 1. The largest absolute Gasteiger partial charge is 0.316 e. The summed E-state index contributed by atoms with van der Waals surface area (Å²) in [5, 5.41) is 4.79. The molecular weight excluding hydrogens is 290 g/mol. The van der Waals surface area contributed by atoms with Gasteiger partial charge in [-0.25, -0.2) is 9.97 Å². The Morgan fingerprint density at radius 3 is 2.60 bits per heavy atom. The smallest absolute Gasteiger partial charge is 0.189 e. The van der Waals surface area contributed by atoms with Gasteiger partial charge in [0.1, 0.15) is 5.82 Å². The quantitative estimate of drug-likeness (QED) is 0.747. The van der Waals surface area contributed by atoms with E-state index in [-0.39, 0.29) is 0 Å². The minimum atomic E-state index is 0.730. The van der Waals surface area contributed by atoms with Crippen LogP contribution in [0.2, 0.25) is 5.02 Å². The van der Waals surface area contributed by atoms with Gasteiger partial charge in [0.2, 0.25) is 0 Å². The molecule has 0 atom stereocenters. The highest BCUT2D eigenvalue weighted by atomic mass is 35.5. The lowest BCUT2D eigenvalue weighted by Crippen LogP contribution is -1.91. The number of benzene rings is 1. The minimum absolute atomic E-state index is 0.730. The molecule has 1 N–H and O–H groups in total. The number of hydrogen-bond donors (Lipinski definition) is 1. The summed E-state index contributed by atoms with van der Waals surface area (Å²) >= 11 is 7.53. The van der Waals surface area contributed by atoms with Crippen molar-refractivity contribution in [2.45, 2.75) is 6.92 Å². The molecule has 5 heteroatoms. The van der Waals surface area contributed by atoms with E-state index < -0.39 is 0 Å².